The molecule has 3 unspecified atom stereocenters. The lowest BCUT2D eigenvalue weighted by Gasteiger charge is -2.43. The first-order valence-corrected chi connectivity index (χ1v) is 9.76. The number of imidazole rings is 1. The molecule has 3 N–H and O–H groups in total. The summed E-state index contributed by atoms with van der Waals surface area (Å²) in [5, 5.41) is 0. The maximum atomic E-state index is 13.0. The van der Waals surface area contributed by atoms with Crippen molar-refractivity contribution in [3.05, 3.63) is 29.6 Å². The van der Waals surface area contributed by atoms with E-state index < -0.39 is 6.43 Å². The number of hydrogen-bond donors (Lipinski definition) is 2. The van der Waals surface area contributed by atoms with E-state index in [2.05, 4.69) is 9.97 Å². The number of alkyl halides is 2. The van der Waals surface area contributed by atoms with Gasteiger partial charge in [-0.05, 0) is 61.6 Å². The van der Waals surface area contributed by atoms with Gasteiger partial charge in [-0.15, -0.1) is 0 Å². The Bertz CT molecular complexity index is 897. The molecule has 1 aromatic carbocycles. The van der Waals surface area contributed by atoms with E-state index in [1.54, 1.807) is 18.2 Å². The highest BCUT2D eigenvalue weighted by Crippen LogP contribution is 2.40. The van der Waals surface area contributed by atoms with Gasteiger partial charge in [0.2, 0.25) is 5.91 Å². The number of nitrogens with two attached hydrogens (primary N) is 1. The number of H-pyrrole nitrogens is 1. The van der Waals surface area contributed by atoms with E-state index in [4.69, 9.17) is 5.73 Å². The number of benzene rings is 1. The first-order valence-electron chi connectivity index (χ1n) is 9.76. The second-order valence-corrected chi connectivity index (χ2v) is 8.06. The summed E-state index contributed by atoms with van der Waals surface area (Å²) in [5.74, 6) is 0.656. The fourth-order valence-corrected chi connectivity index (χ4v) is 4.82. The molecule has 6 nitrogen and oxygen atoms in total. The maximum Gasteiger partial charge on any atom is 0.295 e. The molecular formula is C20H24F2N4O2. The molecule has 0 radical (unpaired) electrons. The van der Waals surface area contributed by atoms with Gasteiger partial charge in [0, 0.05) is 25.1 Å². The lowest BCUT2D eigenvalue weighted by Crippen LogP contribution is -2.46. The SMILES string of the molecule is NC(=O)CC1CCC2CN(C(=O)c3ccc4nc(C(F)F)[nH]c4c3)CCC2C1. The summed E-state index contributed by atoms with van der Waals surface area (Å²) < 4.78 is 25.6. The summed E-state index contributed by atoms with van der Waals surface area (Å²) >= 11 is 0. The van der Waals surface area contributed by atoms with Crippen LogP contribution in [0, 0.1) is 17.8 Å². The average Bonchev–Trinajstić information content (AvgIpc) is 3.10. The van der Waals surface area contributed by atoms with E-state index in [0.29, 0.717) is 53.9 Å². The topological polar surface area (TPSA) is 92.1 Å². The Morgan fingerprint density at radius 3 is 2.82 bits per heavy atom. The average molecular weight is 390 g/mol. The van der Waals surface area contributed by atoms with Gasteiger partial charge in [0.1, 0.15) is 0 Å². The molecule has 28 heavy (non-hydrogen) atoms. The zero-order chi connectivity index (χ0) is 19.8. The molecular weight excluding hydrogens is 366 g/mol. The molecule has 2 aliphatic rings. The second kappa shape index (κ2) is 7.48. The molecule has 8 heteroatoms. The van der Waals surface area contributed by atoms with Crippen molar-refractivity contribution < 1.29 is 18.4 Å². The van der Waals surface area contributed by atoms with Crippen LogP contribution in [0.5, 0.6) is 0 Å². The van der Waals surface area contributed by atoms with Crippen LogP contribution in [0.25, 0.3) is 11.0 Å². The minimum atomic E-state index is -2.67. The van der Waals surface area contributed by atoms with Gasteiger partial charge in [-0.1, -0.05) is 0 Å². The standard InChI is InChI=1S/C20H24F2N4O2/c21-18(22)19-24-15-4-3-13(9-16(15)25-19)20(28)26-6-5-12-7-11(8-17(23)27)1-2-14(12)10-26/h3-4,9,11-12,14,18H,1-2,5-8,10H2,(H2,23,27)(H,24,25). The number of nitrogens with one attached hydrogen (secondary N) is 1. The number of carbonyl (C=O) groups excluding carboxylic acids is 2. The smallest absolute Gasteiger partial charge is 0.295 e. The van der Waals surface area contributed by atoms with Gasteiger partial charge in [0.15, 0.2) is 5.82 Å². The van der Waals surface area contributed by atoms with Gasteiger partial charge in [-0.2, -0.15) is 0 Å². The van der Waals surface area contributed by atoms with Crippen molar-refractivity contribution in [2.24, 2.45) is 23.5 Å². The van der Waals surface area contributed by atoms with Crippen LogP contribution in [0.15, 0.2) is 18.2 Å². The molecule has 4 rings (SSSR count). The molecule has 2 aromatic rings. The van der Waals surface area contributed by atoms with E-state index in [1.165, 1.54) is 0 Å². The highest BCUT2D eigenvalue weighted by molar-refractivity contribution is 5.97. The van der Waals surface area contributed by atoms with E-state index in [-0.39, 0.29) is 17.6 Å². The molecule has 1 aliphatic carbocycles. The number of rotatable bonds is 4. The fraction of sp³-hybridized carbons (Fsp3) is 0.550. The van der Waals surface area contributed by atoms with E-state index in [1.807, 2.05) is 4.90 Å². The molecule has 3 atom stereocenters. The Kier molecular flexibility index (Phi) is 5.03. The molecule has 2 fully saturated rings. The lowest BCUT2D eigenvalue weighted by molar-refractivity contribution is -0.119. The number of fused-ring (bicyclic) bond motifs is 2. The van der Waals surface area contributed by atoms with E-state index >= 15 is 0 Å². The van der Waals surface area contributed by atoms with Crippen molar-refractivity contribution in [3.8, 4) is 0 Å². The predicted octanol–water partition coefficient (Wildman–Crippen LogP) is 3.25. The molecule has 2 amide bonds. The summed E-state index contributed by atoms with van der Waals surface area (Å²) in [5.41, 5.74) is 6.69. The molecule has 1 aliphatic heterocycles. The normalized spacial score (nSPS) is 25.1. The van der Waals surface area contributed by atoms with Crippen molar-refractivity contribution in [1.82, 2.24) is 14.9 Å². The van der Waals surface area contributed by atoms with Crippen LogP contribution in [-0.2, 0) is 4.79 Å². The van der Waals surface area contributed by atoms with Crippen LogP contribution in [0.2, 0.25) is 0 Å². The molecule has 1 aromatic heterocycles. The van der Waals surface area contributed by atoms with Crippen LogP contribution in [0.4, 0.5) is 8.78 Å². The van der Waals surface area contributed by atoms with Gasteiger partial charge in [0.05, 0.1) is 11.0 Å². The van der Waals surface area contributed by atoms with Crippen molar-refractivity contribution in [2.45, 2.75) is 38.5 Å². The lowest BCUT2D eigenvalue weighted by atomic mass is 9.70. The van der Waals surface area contributed by atoms with E-state index in [9.17, 15) is 18.4 Å². The number of aromatic nitrogens is 2. The first-order chi connectivity index (χ1) is 13.4. The number of carbonyl (C=O) groups is 2. The zero-order valence-corrected chi connectivity index (χ0v) is 15.5. The molecule has 1 saturated heterocycles. The van der Waals surface area contributed by atoms with Crippen molar-refractivity contribution in [1.29, 1.82) is 0 Å². The molecule has 150 valence electrons. The monoisotopic (exact) mass is 390 g/mol. The number of aromatic amines is 1. The Balaban J connectivity index is 1.43. The number of nitrogens with zero attached hydrogens (tertiary/aromatic N) is 2. The largest absolute Gasteiger partial charge is 0.370 e. The minimum absolute atomic E-state index is 0.0761. The Hall–Kier alpha value is -2.51. The van der Waals surface area contributed by atoms with Gasteiger partial charge >= 0.3 is 0 Å². The molecule has 0 bridgehead atoms. The van der Waals surface area contributed by atoms with Crippen molar-refractivity contribution in [3.63, 3.8) is 0 Å². The number of primary amides is 1. The van der Waals surface area contributed by atoms with E-state index in [0.717, 1.165) is 25.7 Å². The Labute approximate surface area is 161 Å². The predicted molar refractivity (Wildman–Crippen MR) is 99.7 cm³/mol. The summed E-state index contributed by atoms with van der Waals surface area (Å²) in [4.78, 5) is 32.4. The number of halogens is 2. The fourth-order valence-electron chi connectivity index (χ4n) is 4.82. The summed E-state index contributed by atoms with van der Waals surface area (Å²) in [6, 6.07) is 4.86. The number of likely N-dealkylation sites (tertiary alicyclic amines) is 1. The molecule has 0 spiro atoms. The van der Waals surface area contributed by atoms with Crippen molar-refractivity contribution >= 4 is 22.8 Å². The Morgan fingerprint density at radius 2 is 2.07 bits per heavy atom. The number of hydrogen-bond acceptors (Lipinski definition) is 3. The molecule has 2 heterocycles. The zero-order valence-electron chi connectivity index (χ0n) is 15.5. The third-order valence-electron chi connectivity index (χ3n) is 6.20. The second-order valence-electron chi connectivity index (χ2n) is 8.06. The van der Waals surface area contributed by atoms with Gasteiger partial charge in [-0.25, -0.2) is 13.8 Å². The number of piperidine rings is 1. The maximum absolute atomic E-state index is 13.0. The highest BCUT2D eigenvalue weighted by Gasteiger charge is 2.36. The van der Waals surface area contributed by atoms with Crippen molar-refractivity contribution in [2.75, 3.05) is 13.1 Å². The van der Waals surface area contributed by atoms with Gasteiger partial charge in [0.25, 0.3) is 12.3 Å². The third-order valence-corrected chi connectivity index (χ3v) is 6.20. The third kappa shape index (κ3) is 3.72. The minimum Gasteiger partial charge on any atom is -0.370 e. The van der Waals surface area contributed by atoms with Gasteiger partial charge in [-0.3, -0.25) is 9.59 Å². The van der Waals surface area contributed by atoms with Crippen LogP contribution < -0.4 is 5.73 Å². The quantitative estimate of drug-likeness (QED) is 0.839. The highest BCUT2D eigenvalue weighted by atomic mass is 19.3. The van der Waals surface area contributed by atoms with Crippen LogP contribution in [0.3, 0.4) is 0 Å². The summed E-state index contributed by atoms with van der Waals surface area (Å²) in [6.07, 6.45) is 1.69. The van der Waals surface area contributed by atoms with Gasteiger partial charge < -0.3 is 15.6 Å². The molecule has 1 saturated carbocycles. The summed E-state index contributed by atoms with van der Waals surface area (Å²) in [7, 11) is 0. The Morgan fingerprint density at radius 1 is 1.25 bits per heavy atom. The number of amides is 2. The van der Waals surface area contributed by atoms with Crippen LogP contribution >= 0.6 is 0 Å². The summed E-state index contributed by atoms with van der Waals surface area (Å²) in [6.45, 7) is 1.38. The van der Waals surface area contributed by atoms with Crippen LogP contribution in [0.1, 0.15) is 54.7 Å². The van der Waals surface area contributed by atoms with Crippen LogP contribution in [-0.4, -0.2) is 39.8 Å². The first kappa shape index (κ1) is 18.8.